The molecule has 180 valence electrons. The molecule has 0 aromatic carbocycles. The van der Waals surface area contributed by atoms with Crippen LogP contribution in [0.5, 0.6) is 0 Å². The van der Waals surface area contributed by atoms with Crippen molar-refractivity contribution >= 4 is 23.6 Å². The lowest BCUT2D eigenvalue weighted by Crippen LogP contribution is -2.51. The van der Waals surface area contributed by atoms with E-state index in [-0.39, 0.29) is 48.6 Å². The molecule has 0 saturated heterocycles. The zero-order chi connectivity index (χ0) is 24.4. The molecule has 0 spiro atoms. The van der Waals surface area contributed by atoms with Crippen LogP contribution < -0.4 is 16.0 Å². The van der Waals surface area contributed by atoms with E-state index in [1.54, 1.807) is 11.1 Å². The lowest BCUT2D eigenvalue weighted by atomic mass is 10.0. The van der Waals surface area contributed by atoms with Gasteiger partial charge in [0.1, 0.15) is 24.3 Å². The molecule has 1 heterocycles. The monoisotopic (exact) mass is 451 g/mol. The van der Waals surface area contributed by atoms with Gasteiger partial charge in [0, 0.05) is 20.0 Å². The number of nitrogens with zero attached hydrogens (tertiary/aromatic N) is 4. The normalized spacial score (nSPS) is 12.9. The third-order valence-electron chi connectivity index (χ3n) is 4.97. The van der Waals surface area contributed by atoms with Gasteiger partial charge < -0.3 is 20.9 Å². The highest BCUT2D eigenvalue weighted by Gasteiger charge is 2.27. The maximum Gasteiger partial charge on any atom is 0.245 e. The third kappa shape index (κ3) is 8.27. The van der Waals surface area contributed by atoms with Crippen LogP contribution in [0.4, 0.5) is 0 Å². The second kappa shape index (κ2) is 12.8. The smallest absolute Gasteiger partial charge is 0.245 e. The van der Waals surface area contributed by atoms with Gasteiger partial charge in [-0.05, 0) is 25.7 Å². The van der Waals surface area contributed by atoms with Crippen molar-refractivity contribution in [2.75, 3.05) is 13.1 Å². The zero-order valence-corrected chi connectivity index (χ0v) is 20.1. The van der Waals surface area contributed by atoms with Gasteiger partial charge in [-0.15, -0.1) is 5.10 Å². The second-order valence-electron chi connectivity index (χ2n) is 8.35. The number of carbonyl (C=O) groups excluding carboxylic acids is 4. The lowest BCUT2D eigenvalue weighted by Gasteiger charge is -2.28. The quantitative estimate of drug-likeness (QED) is 0.411. The fourth-order valence-electron chi connectivity index (χ4n) is 3.15. The molecule has 0 aliphatic rings. The Morgan fingerprint density at radius 1 is 1.00 bits per heavy atom. The molecule has 0 bridgehead atoms. The van der Waals surface area contributed by atoms with Crippen LogP contribution in [0.15, 0.2) is 6.20 Å². The van der Waals surface area contributed by atoms with E-state index in [4.69, 9.17) is 0 Å². The van der Waals surface area contributed by atoms with Crippen molar-refractivity contribution in [1.82, 2.24) is 35.8 Å². The Bertz CT molecular complexity index is 787. The summed E-state index contributed by atoms with van der Waals surface area (Å²) in [6.07, 6.45) is 1.55. The SMILES string of the molecule is CCN(CC)C(=O)[C@@H](NC(=O)Cn1cc(CNC(=O)[C@@H](NC(C)=O)C(C)C)nn1)C(C)C. The number of likely N-dealkylation sites (N-methyl/N-ethyl adjacent to an activating group) is 1. The first kappa shape index (κ1) is 27.1. The Morgan fingerprint density at radius 2 is 1.59 bits per heavy atom. The molecule has 4 amide bonds. The van der Waals surface area contributed by atoms with Gasteiger partial charge in [0.2, 0.25) is 23.6 Å². The van der Waals surface area contributed by atoms with E-state index in [0.717, 1.165) is 0 Å². The lowest BCUT2D eigenvalue weighted by molar-refractivity contribution is -0.137. The van der Waals surface area contributed by atoms with E-state index in [0.29, 0.717) is 18.8 Å². The van der Waals surface area contributed by atoms with Gasteiger partial charge in [-0.3, -0.25) is 19.2 Å². The standard InChI is InChI=1S/C21H37N7O4/c1-8-27(9-2)21(32)19(14(5)6)24-17(30)12-28-11-16(25-26-28)10-22-20(31)18(13(3)4)23-15(7)29/h11,13-14,18-19H,8-10,12H2,1-7H3,(H,22,31)(H,23,29)(H,24,30)/t18-,19-/m0/s1. The van der Waals surface area contributed by atoms with E-state index in [2.05, 4.69) is 26.3 Å². The van der Waals surface area contributed by atoms with Gasteiger partial charge in [0.25, 0.3) is 0 Å². The van der Waals surface area contributed by atoms with Gasteiger partial charge in [-0.1, -0.05) is 32.9 Å². The second-order valence-corrected chi connectivity index (χ2v) is 8.35. The summed E-state index contributed by atoms with van der Waals surface area (Å²) in [5, 5.41) is 16.0. The first-order valence-corrected chi connectivity index (χ1v) is 11.0. The molecule has 0 fully saturated rings. The summed E-state index contributed by atoms with van der Waals surface area (Å²) >= 11 is 0. The molecule has 11 nitrogen and oxygen atoms in total. The number of amides is 4. The van der Waals surface area contributed by atoms with Crippen molar-refractivity contribution in [2.45, 2.75) is 73.6 Å². The highest BCUT2D eigenvalue weighted by molar-refractivity contribution is 5.88. The van der Waals surface area contributed by atoms with Crippen LogP contribution in [0.2, 0.25) is 0 Å². The number of carbonyl (C=O) groups is 4. The van der Waals surface area contributed by atoms with E-state index < -0.39 is 12.1 Å². The molecule has 0 unspecified atom stereocenters. The van der Waals surface area contributed by atoms with Crippen molar-refractivity contribution < 1.29 is 19.2 Å². The first-order chi connectivity index (χ1) is 15.0. The van der Waals surface area contributed by atoms with Crippen LogP contribution in [-0.2, 0) is 32.3 Å². The molecule has 3 N–H and O–H groups in total. The summed E-state index contributed by atoms with van der Waals surface area (Å²) in [5.41, 5.74) is 0.469. The zero-order valence-electron chi connectivity index (χ0n) is 20.1. The molecule has 0 saturated carbocycles. The Kier molecular flexibility index (Phi) is 10.8. The Hall–Kier alpha value is -2.98. The van der Waals surface area contributed by atoms with Crippen LogP contribution in [0, 0.1) is 11.8 Å². The molecule has 1 aromatic heterocycles. The number of nitrogens with one attached hydrogen (secondary N) is 3. The predicted molar refractivity (Wildman–Crippen MR) is 119 cm³/mol. The molecule has 2 atom stereocenters. The summed E-state index contributed by atoms with van der Waals surface area (Å²) in [4.78, 5) is 50.5. The molecule has 0 aliphatic heterocycles. The molecular formula is C21H37N7O4. The van der Waals surface area contributed by atoms with E-state index in [1.165, 1.54) is 11.6 Å². The third-order valence-corrected chi connectivity index (χ3v) is 4.97. The highest BCUT2D eigenvalue weighted by atomic mass is 16.2. The van der Waals surface area contributed by atoms with Crippen molar-refractivity contribution in [1.29, 1.82) is 0 Å². The van der Waals surface area contributed by atoms with E-state index >= 15 is 0 Å². The Balaban J connectivity index is 2.68. The summed E-state index contributed by atoms with van der Waals surface area (Å²) in [7, 11) is 0. The van der Waals surface area contributed by atoms with E-state index in [9.17, 15) is 19.2 Å². The average molecular weight is 452 g/mol. The van der Waals surface area contributed by atoms with Crippen molar-refractivity contribution in [3.8, 4) is 0 Å². The first-order valence-electron chi connectivity index (χ1n) is 11.0. The molecule has 32 heavy (non-hydrogen) atoms. The number of hydrogen-bond acceptors (Lipinski definition) is 6. The van der Waals surface area contributed by atoms with Gasteiger partial charge in [0.15, 0.2) is 0 Å². The summed E-state index contributed by atoms with van der Waals surface area (Å²) in [5.74, 6) is -1.21. The minimum Gasteiger partial charge on any atom is -0.349 e. The summed E-state index contributed by atoms with van der Waals surface area (Å²) in [6.45, 7) is 13.8. The van der Waals surface area contributed by atoms with Crippen LogP contribution in [0.25, 0.3) is 0 Å². The van der Waals surface area contributed by atoms with Crippen LogP contribution in [0.3, 0.4) is 0 Å². The topological polar surface area (TPSA) is 138 Å². The fraction of sp³-hybridized carbons (Fsp3) is 0.714. The minimum absolute atomic E-state index is 0.0638. The fourth-order valence-corrected chi connectivity index (χ4v) is 3.15. The number of aromatic nitrogens is 3. The maximum absolute atomic E-state index is 12.7. The maximum atomic E-state index is 12.7. The van der Waals surface area contributed by atoms with Crippen molar-refractivity contribution in [3.05, 3.63) is 11.9 Å². The minimum atomic E-state index is -0.648. The molecule has 0 aliphatic carbocycles. The summed E-state index contributed by atoms with van der Waals surface area (Å²) < 4.78 is 1.35. The molecule has 11 heteroatoms. The number of hydrogen-bond donors (Lipinski definition) is 3. The van der Waals surface area contributed by atoms with Crippen LogP contribution in [-0.4, -0.2) is 68.7 Å². The molecular weight excluding hydrogens is 414 g/mol. The van der Waals surface area contributed by atoms with Gasteiger partial charge in [0.05, 0.1) is 12.7 Å². The molecule has 0 radical (unpaired) electrons. The average Bonchev–Trinajstić information content (AvgIpc) is 3.15. The van der Waals surface area contributed by atoms with Crippen LogP contribution >= 0.6 is 0 Å². The molecule has 1 aromatic rings. The predicted octanol–water partition coefficient (Wildman–Crippen LogP) is 0.0642. The largest absolute Gasteiger partial charge is 0.349 e. The van der Waals surface area contributed by atoms with Crippen LogP contribution in [0.1, 0.15) is 54.2 Å². The summed E-state index contributed by atoms with van der Waals surface area (Å²) in [6, 6.07) is -1.27. The van der Waals surface area contributed by atoms with E-state index in [1.807, 2.05) is 41.5 Å². The Labute approximate surface area is 189 Å². The van der Waals surface area contributed by atoms with Crippen molar-refractivity contribution in [3.63, 3.8) is 0 Å². The highest BCUT2D eigenvalue weighted by Crippen LogP contribution is 2.07. The van der Waals surface area contributed by atoms with Gasteiger partial charge >= 0.3 is 0 Å². The Morgan fingerprint density at radius 3 is 2.09 bits per heavy atom. The van der Waals surface area contributed by atoms with Crippen molar-refractivity contribution in [2.24, 2.45) is 11.8 Å². The number of rotatable bonds is 12. The van der Waals surface area contributed by atoms with Gasteiger partial charge in [-0.25, -0.2) is 4.68 Å². The van der Waals surface area contributed by atoms with Gasteiger partial charge in [-0.2, -0.15) is 0 Å². The molecule has 1 rings (SSSR count).